The molecule has 0 aliphatic heterocycles. The Kier molecular flexibility index (Phi) is 1.93. The van der Waals surface area contributed by atoms with Crippen molar-refractivity contribution in [2.24, 2.45) is 0 Å². The Labute approximate surface area is 110 Å². The summed E-state index contributed by atoms with van der Waals surface area (Å²) < 4.78 is 10.2. The Bertz CT molecular complexity index is 832. The largest absolute Gasteiger partial charge is 0.249 e. The van der Waals surface area contributed by atoms with Crippen molar-refractivity contribution in [1.82, 2.24) is 24.2 Å². The third-order valence-electron chi connectivity index (χ3n) is 3.04. The zero-order chi connectivity index (χ0) is 12.3. The fourth-order valence-corrected chi connectivity index (χ4v) is 3.45. The van der Waals surface area contributed by atoms with Gasteiger partial charge in [0.15, 0.2) is 0 Å². The summed E-state index contributed by atoms with van der Waals surface area (Å²) in [6, 6.07) is 2.10. The lowest BCUT2D eigenvalue weighted by molar-refractivity contribution is 1.19. The quantitative estimate of drug-likeness (QED) is 0.493. The second-order valence-electron chi connectivity index (χ2n) is 4.19. The number of fused-ring (bicyclic) bond motifs is 5. The lowest BCUT2D eigenvalue weighted by atomic mass is 10.1. The van der Waals surface area contributed by atoms with Crippen molar-refractivity contribution in [3.05, 3.63) is 17.3 Å². The summed E-state index contributed by atoms with van der Waals surface area (Å²) in [4.78, 5) is 4.65. The summed E-state index contributed by atoms with van der Waals surface area (Å²) in [5.74, 6) is 0. The number of aryl methyl sites for hydroxylation is 2. The highest BCUT2D eigenvalue weighted by atomic mass is 32.1. The Hall–Kier alpha value is -1.73. The molecule has 0 amide bonds. The molecule has 0 unspecified atom stereocenters. The van der Waals surface area contributed by atoms with E-state index in [9.17, 15) is 0 Å². The van der Waals surface area contributed by atoms with Gasteiger partial charge < -0.3 is 0 Å². The van der Waals surface area contributed by atoms with Crippen LogP contribution >= 0.6 is 23.1 Å². The van der Waals surface area contributed by atoms with E-state index in [2.05, 4.69) is 37.1 Å². The first-order chi connectivity index (χ1) is 8.75. The lowest BCUT2D eigenvalue weighted by Gasteiger charge is -2.03. The van der Waals surface area contributed by atoms with Crippen LogP contribution in [0.2, 0.25) is 0 Å². The molecule has 0 aliphatic rings. The molecule has 0 bridgehead atoms. The van der Waals surface area contributed by atoms with Crippen molar-refractivity contribution in [1.29, 1.82) is 0 Å². The van der Waals surface area contributed by atoms with Crippen LogP contribution in [0.4, 0.5) is 0 Å². The van der Waals surface area contributed by atoms with Gasteiger partial charge in [-0.3, -0.25) is 0 Å². The highest BCUT2D eigenvalue weighted by Gasteiger charge is 2.15. The average molecular weight is 273 g/mol. The van der Waals surface area contributed by atoms with Crippen molar-refractivity contribution >= 4 is 54.4 Å². The molecule has 0 N–H and O–H groups in total. The predicted octanol–water partition coefficient (Wildman–Crippen LogP) is 2.86. The third kappa shape index (κ3) is 1.17. The number of pyridine rings is 1. The van der Waals surface area contributed by atoms with Crippen molar-refractivity contribution in [2.75, 3.05) is 0 Å². The summed E-state index contributed by atoms with van der Waals surface area (Å²) in [5.41, 5.74) is 4.77. The van der Waals surface area contributed by atoms with E-state index in [1.165, 1.54) is 23.1 Å². The molecule has 0 spiro atoms. The van der Waals surface area contributed by atoms with Crippen LogP contribution in [0.25, 0.3) is 31.3 Å². The number of benzene rings is 1. The van der Waals surface area contributed by atoms with Crippen molar-refractivity contribution in [3.63, 3.8) is 0 Å². The van der Waals surface area contributed by atoms with E-state index in [4.69, 9.17) is 0 Å². The fraction of sp³-hybridized carbons (Fsp3) is 0.182. The molecule has 0 saturated heterocycles. The summed E-state index contributed by atoms with van der Waals surface area (Å²) in [6.45, 7) is 4.04. The van der Waals surface area contributed by atoms with Gasteiger partial charge in [-0.2, -0.15) is 0 Å². The molecule has 5 nitrogen and oxygen atoms in total. The second-order valence-corrected chi connectivity index (χ2v) is 5.70. The molecule has 18 heavy (non-hydrogen) atoms. The molecule has 3 heterocycles. The van der Waals surface area contributed by atoms with E-state index in [1.54, 1.807) is 0 Å². The SMILES string of the molecule is Cc1nc2c(cc(C)c3snnc32)c2nnsc12. The van der Waals surface area contributed by atoms with Gasteiger partial charge in [-0.15, -0.1) is 10.2 Å². The van der Waals surface area contributed by atoms with E-state index >= 15 is 0 Å². The van der Waals surface area contributed by atoms with Crippen LogP contribution in [-0.2, 0) is 0 Å². The second kappa shape index (κ2) is 3.39. The van der Waals surface area contributed by atoms with Crippen LogP contribution in [0.3, 0.4) is 0 Å². The van der Waals surface area contributed by atoms with Gasteiger partial charge in [-0.1, -0.05) is 8.98 Å². The summed E-state index contributed by atoms with van der Waals surface area (Å²) in [5, 5.41) is 9.44. The standard InChI is InChI=1S/C11H7N5S2/c1-4-3-6-7(9-10(4)17-16-14-9)12-5(2)11-8(6)13-15-18-11/h3H,1-2H3. The van der Waals surface area contributed by atoms with E-state index in [1.807, 2.05) is 6.92 Å². The number of nitrogens with zero attached hydrogens (tertiary/aromatic N) is 5. The molecular weight excluding hydrogens is 266 g/mol. The molecule has 0 fully saturated rings. The minimum atomic E-state index is 0.869. The smallest absolute Gasteiger partial charge is 0.132 e. The zero-order valence-corrected chi connectivity index (χ0v) is 11.3. The molecule has 0 radical (unpaired) electrons. The molecular formula is C11H7N5S2. The van der Waals surface area contributed by atoms with Gasteiger partial charge in [0.1, 0.15) is 16.6 Å². The van der Waals surface area contributed by atoms with Crippen LogP contribution in [-0.4, -0.2) is 24.2 Å². The minimum absolute atomic E-state index is 0.869. The molecule has 88 valence electrons. The molecule has 3 aromatic heterocycles. The van der Waals surface area contributed by atoms with Crippen LogP contribution < -0.4 is 0 Å². The Balaban J connectivity index is 2.40. The van der Waals surface area contributed by atoms with E-state index < -0.39 is 0 Å². The van der Waals surface area contributed by atoms with Crippen LogP contribution in [0, 0.1) is 13.8 Å². The monoisotopic (exact) mass is 273 g/mol. The molecule has 7 heteroatoms. The Morgan fingerprint density at radius 1 is 0.889 bits per heavy atom. The lowest BCUT2D eigenvalue weighted by Crippen LogP contribution is -1.89. The van der Waals surface area contributed by atoms with Crippen molar-refractivity contribution < 1.29 is 0 Å². The number of rotatable bonds is 0. The van der Waals surface area contributed by atoms with Gasteiger partial charge in [0.25, 0.3) is 0 Å². The van der Waals surface area contributed by atoms with Crippen molar-refractivity contribution in [3.8, 4) is 0 Å². The molecule has 0 saturated carbocycles. The maximum Gasteiger partial charge on any atom is 0.132 e. The molecule has 4 rings (SSSR count). The van der Waals surface area contributed by atoms with Gasteiger partial charge >= 0.3 is 0 Å². The molecule has 0 atom stereocenters. The summed E-state index contributed by atoms with van der Waals surface area (Å²) >= 11 is 2.79. The number of hydrogen-bond acceptors (Lipinski definition) is 7. The van der Waals surface area contributed by atoms with Crippen molar-refractivity contribution in [2.45, 2.75) is 13.8 Å². The first-order valence-corrected chi connectivity index (χ1v) is 6.94. The van der Waals surface area contributed by atoms with E-state index in [0.29, 0.717) is 0 Å². The predicted molar refractivity (Wildman–Crippen MR) is 73.2 cm³/mol. The van der Waals surface area contributed by atoms with Crippen LogP contribution in [0.1, 0.15) is 11.3 Å². The van der Waals surface area contributed by atoms with Crippen LogP contribution in [0.5, 0.6) is 0 Å². The first-order valence-electron chi connectivity index (χ1n) is 5.40. The third-order valence-corrected chi connectivity index (χ3v) is 4.73. The topological polar surface area (TPSA) is 64.5 Å². The van der Waals surface area contributed by atoms with E-state index in [0.717, 1.165) is 42.6 Å². The maximum atomic E-state index is 4.65. The maximum absolute atomic E-state index is 4.65. The molecule has 4 aromatic rings. The Morgan fingerprint density at radius 2 is 1.61 bits per heavy atom. The average Bonchev–Trinajstić information content (AvgIpc) is 2.98. The molecule has 1 aromatic carbocycles. The summed E-state index contributed by atoms with van der Waals surface area (Å²) in [7, 11) is 0. The molecule has 0 aliphatic carbocycles. The highest BCUT2D eigenvalue weighted by Crippen LogP contribution is 2.33. The normalized spacial score (nSPS) is 11.9. The van der Waals surface area contributed by atoms with Gasteiger partial charge in [0.05, 0.1) is 15.1 Å². The minimum Gasteiger partial charge on any atom is -0.249 e. The summed E-state index contributed by atoms with van der Waals surface area (Å²) in [6.07, 6.45) is 0. The first kappa shape index (κ1) is 10.2. The number of aromatic nitrogens is 5. The van der Waals surface area contributed by atoms with Gasteiger partial charge in [-0.25, -0.2) is 4.98 Å². The van der Waals surface area contributed by atoms with Gasteiger partial charge in [0, 0.05) is 5.39 Å². The van der Waals surface area contributed by atoms with Gasteiger partial charge in [-0.05, 0) is 48.5 Å². The number of hydrogen-bond donors (Lipinski definition) is 0. The Morgan fingerprint density at radius 3 is 2.44 bits per heavy atom. The zero-order valence-electron chi connectivity index (χ0n) is 9.63. The van der Waals surface area contributed by atoms with Gasteiger partial charge in [0.2, 0.25) is 0 Å². The van der Waals surface area contributed by atoms with Crippen LogP contribution in [0.15, 0.2) is 6.07 Å². The van der Waals surface area contributed by atoms with E-state index in [-0.39, 0.29) is 0 Å². The fourth-order valence-electron chi connectivity index (χ4n) is 2.20. The highest BCUT2D eigenvalue weighted by molar-refractivity contribution is 7.13.